The third-order valence-corrected chi connectivity index (χ3v) is 3.90. The average molecular weight is 375 g/mol. The van der Waals surface area contributed by atoms with Gasteiger partial charge in [-0.2, -0.15) is 0 Å². The molecule has 3 unspecified atom stereocenters. The number of esters is 1. The van der Waals surface area contributed by atoms with Gasteiger partial charge in [-0.25, -0.2) is 4.79 Å². The summed E-state index contributed by atoms with van der Waals surface area (Å²) in [4.78, 5) is 12.1. The fourth-order valence-electron chi connectivity index (χ4n) is 1.68. The summed E-state index contributed by atoms with van der Waals surface area (Å²) in [5.41, 5.74) is 0.483. The molecule has 136 valence electrons. The molecule has 0 saturated carbocycles. The molecule has 4 nitrogen and oxygen atoms in total. The zero-order valence-electron chi connectivity index (χ0n) is 14.7. The Hall–Kier alpha value is -1.01. The van der Waals surface area contributed by atoms with E-state index in [9.17, 15) is 4.79 Å². The van der Waals surface area contributed by atoms with E-state index in [2.05, 4.69) is 6.58 Å². The van der Waals surface area contributed by atoms with Crippen molar-refractivity contribution in [2.24, 2.45) is 0 Å². The first kappa shape index (κ1) is 23.0. The fraction of sp³-hybridized carbons (Fsp3) is 0.500. The highest BCUT2D eigenvalue weighted by Crippen LogP contribution is 2.19. The number of allylic oxidation sites excluding steroid dienone is 2. The Morgan fingerprint density at radius 3 is 2.54 bits per heavy atom. The molecule has 0 heterocycles. The lowest BCUT2D eigenvalue weighted by Crippen LogP contribution is -2.15. The van der Waals surface area contributed by atoms with Crippen molar-refractivity contribution in [3.8, 4) is 0 Å². The molecule has 0 saturated heterocycles. The smallest absolute Gasteiger partial charge is 0.338 e. The third kappa shape index (κ3) is 10.7. The van der Waals surface area contributed by atoms with Gasteiger partial charge in [0.25, 0.3) is 0 Å². The first-order valence-electron chi connectivity index (χ1n) is 7.72. The monoisotopic (exact) mass is 374 g/mol. The number of hydrogen-bond acceptors (Lipinski definition) is 5. The van der Waals surface area contributed by atoms with Crippen LogP contribution in [0.1, 0.15) is 33.6 Å². The highest BCUT2D eigenvalue weighted by atomic mass is 35.5. The van der Waals surface area contributed by atoms with Crippen molar-refractivity contribution >= 4 is 29.6 Å². The number of ether oxygens (including phenoxy) is 2. The van der Waals surface area contributed by atoms with Crippen molar-refractivity contribution < 1.29 is 18.8 Å². The van der Waals surface area contributed by atoms with E-state index in [0.717, 1.165) is 0 Å². The number of carbonyl (C=O) groups is 1. The summed E-state index contributed by atoms with van der Waals surface area (Å²) in [6, 6.07) is 0. The highest BCUT2D eigenvalue weighted by molar-refractivity contribution is 7.94. The SMILES string of the molecule is C=C(Cl)CC(C=CCC(C)OC(=O)C(C=CC(C)OC)=CC)SO. The number of halogens is 1. The second-order valence-electron chi connectivity index (χ2n) is 5.29. The standard InChI is InChI=1S/C18H27ClO4S/c1-6-16(11-10-14(3)22-5)18(20)23-15(4)8-7-9-17(24-21)12-13(2)19/h6-7,9-11,14-15,17,21H,2,8,12H2,1,3-5H3. The normalized spacial score (nSPS) is 16.3. The van der Waals surface area contributed by atoms with E-state index in [4.69, 9.17) is 25.6 Å². The Morgan fingerprint density at radius 1 is 1.38 bits per heavy atom. The molecule has 0 rings (SSSR count). The summed E-state index contributed by atoms with van der Waals surface area (Å²) in [5.74, 6) is -0.375. The van der Waals surface area contributed by atoms with E-state index in [1.54, 1.807) is 32.3 Å². The number of carbonyl (C=O) groups excluding carboxylic acids is 1. The van der Waals surface area contributed by atoms with Crippen molar-refractivity contribution in [3.05, 3.63) is 47.6 Å². The van der Waals surface area contributed by atoms with Crippen molar-refractivity contribution in [1.82, 2.24) is 0 Å². The van der Waals surface area contributed by atoms with Gasteiger partial charge in [0.1, 0.15) is 6.10 Å². The second kappa shape index (κ2) is 13.3. The molecular weight excluding hydrogens is 348 g/mol. The summed E-state index contributed by atoms with van der Waals surface area (Å²) < 4.78 is 19.7. The third-order valence-electron chi connectivity index (χ3n) is 3.15. The van der Waals surface area contributed by atoms with Gasteiger partial charge in [0.05, 0.1) is 16.9 Å². The molecule has 1 N–H and O–H groups in total. The van der Waals surface area contributed by atoms with Crippen LogP contribution in [0.5, 0.6) is 0 Å². The molecule has 0 aliphatic rings. The predicted octanol–water partition coefficient (Wildman–Crippen LogP) is 5.12. The molecule has 0 aromatic rings. The molecular formula is C18H27ClO4S. The maximum absolute atomic E-state index is 12.1. The van der Waals surface area contributed by atoms with E-state index in [0.29, 0.717) is 35.5 Å². The molecule has 0 bridgehead atoms. The van der Waals surface area contributed by atoms with Gasteiger partial charge in [0, 0.05) is 25.0 Å². The van der Waals surface area contributed by atoms with Gasteiger partial charge in [0.15, 0.2) is 0 Å². The molecule has 0 aliphatic heterocycles. The molecule has 3 atom stereocenters. The Kier molecular flexibility index (Phi) is 12.7. The summed E-state index contributed by atoms with van der Waals surface area (Å²) in [6.45, 7) is 9.09. The first-order valence-corrected chi connectivity index (χ1v) is 8.93. The molecule has 0 aliphatic carbocycles. The Bertz CT molecular complexity index is 485. The van der Waals surface area contributed by atoms with Crippen LogP contribution in [0.15, 0.2) is 47.6 Å². The van der Waals surface area contributed by atoms with Crippen LogP contribution < -0.4 is 0 Å². The van der Waals surface area contributed by atoms with E-state index in [1.807, 2.05) is 26.0 Å². The van der Waals surface area contributed by atoms with E-state index in [1.165, 1.54) is 0 Å². The number of rotatable bonds is 11. The van der Waals surface area contributed by atoms with Crippen LogP contribution in [-0.4, -0.2) is 35.1 Å². The van der Waals surface area contributed by atoms with Crippen LogP contribution in [0.25, 0.3) is 0 Å². The molecule has 0 aromatic carbocycles. The van der Waals surface area contributed by atoms with Crippen LogP contribution >= 0.6 is 23.6 Å². The minimum Gasteiger partial charge on any atom is -0.459 e. The summed E-state index contributed by atoms with van der Waals surface area (Å²) in [6.07, 6.45) is 9.58. The van der Waals surface area contributed by atoms with Crippen LogP contribution in [0.3, 0.4) is 0 Å². The minimum absolute atomic E-state index is 0.0716. The summed E-state index contributed by atoms with van der Waals surface area (Å²) >= 11 is 6.44. The lowest BCUT2D eigenvalue weighted by molar-refractivity contribution is -0.142. The summed E-state index contributed by atoms with van der Waals surface area (Å²) in [7, 11) is 1.61. The zero-order valence-corrected chi connectivity index (χ0v) is 16.3. The van der Waals surface area contributed by atoms with Gasteiger partial charge in [0.2, 0.25) is 0 Å². The van der Waals surface area contributed by atoms with Gasteiger partial charge >= 0.3 is 5.97 Å². The second-order valence-corrected chi connectivity index (χ2v) is 6.64. The molecule has 6 heteroatoms. The van der Waals surface area contributed by atoms with Crippen molar-refractivity contribution in [2.45, 2.75) is 51.1 Å². The van der Waals surface area contributed by atoms with Crippen molar-refractivity contribution in [2.75, 3.05) is 7.11 Å². The van der Waals surface area contributed by atoms with Gasteiger partial charge in [-0.05, 0) is 38.9 Å². The molecule has 0 aromatic heterocycles. The van der Waals surface area contributed by atoms with Crippen molar-refractivity contribution in [1.29, 1.82) is 0 Å². The molecule has 24 heavy (non-hydrogen) atoms. The van der Waals surface area contributed by atoms with Gasteiger partial charge in [-0.1, -0.05) is 42.5 Å². The quantitative estimate of drug-likeness (QED) is 0.179. The highest BCUT2D eigenvalue weighted by Gasteiger charge is 2.12. The van der Waals surface area contributed by atoms with Crippen LogP contribution in [-0.2, 0) is 14.3 Å². The molecule has 0 fully saturated rings. The summed E-state index contributed by atoms with van der Waals surface area (Å²) in [5, 5.41) is 0.336. The molecule has 0 radical (unpaired) electrons. The van der Waals surface area contributed by atoms with E-state index in [-0.39, 0.29) is 23.4 Å². The van der Waals surface area contributed by atoms with E-state index < -0.39 is 0 Å². The van der Waals surface area contributed by atoms with Crippen molar-refractivity contribution in [3.63, 3.8) is 0 Å². The topological polar surface area (TPSA) is 55.8 Å². The fourth-order valence-corrected chi connectivity index (χ4v) is 2.39. The van der Waals surface area contributed by atoms with Crippen LogP contribution in [0.4, 0.5) is 0 Å². The minimum atomic E-state index is -0.375. The lowest BCUT2D eigenvalue weighted by atomic mass is 10.2. The molecule has 0 spiro atoms. The van der Waals surface area contributed by atoms with Gasteiger partial charge in [-0.15, -0.1) is 0 Å². The van der Waals surface area contributed by atoms with Crippen LogP contribution in [0, 0.1) is 0 Å². The first-order chi connectivity index (χ1) is 11.3. The maximum Gasteiger partial charge on any atom is 0.338 e. The zero-order chi connectivity index (χ0) is 18.5. The van der Waals surface area contributed by atoms with Gasteiger partial charge < -0.3 is 14.0 Å². The van der Waals surface area contributed by atoms with E-state index >= 15 is 0 Å². The average Bonchev–Trinajstić information content (AvgIpc) is 2.53. The van der Waals surface area contributed by atoms with Crippen LogP contribution in [0.2, 0.25) is 0 Å². The largest absolute Gasteiger partial charge is 0.459 e. The lowest BCUT2D eigenvalue weighted by Gasteiger charge is -2.12. The van der Waals surface area contributed by atoms with Gasteiger partial charge in [-0.3, -0.25) is 0 Å². The maximum atomic E-state index is 12.1. The number of hydrogen-bond donors (Lipinski definition) is 1. The molecule has 0 amide bonds. The number of methoxy groups -OCH3 is 1. The Morgan fingerprint density at radius 2 is 2.04 bits per heavy atom. The Balaban J connectivity index is 4.48. The Labute approximate surface area is 154 Å². The predicted molar refractivity (Wildman–Crippen MR) is 102 cm³/mol.